The van der Waals surface area contributed by atoms with Crippen molar-refractivity contribution in [3.05, 3.63) is 53.3 Å². The van der Waals surface area contributed by atoms with Crippen LogP contribution < -0.4 is 0 Å². The van der Waals surface area contributed by atoms with Crippen molar-refractivity contribution in [1.29, 1.82) is 0 Å². The predicted molar refractivity (Wildman–Crippen MR) is 63.0 cm³/mol. The van der Waals surface area contributed by atoms with Crippen LogP contribution in [0.3, 0.4) is 0 Å². The number of carbonyl (C=O) groups is 1. The molecule has 0 aromatic heterocycles. The van der Waals surface area contributed by atoms with Gasteiger partial charge in [0.2, 0.25) is 0 Å². The second-order valence-corrected chi connectivity index (χ2v) is 4.13. The van der Waals surface area contributed by atoms with Crippen LogP contribution >= 0.6 is 0 Å². The van der Waals surface area contributed by atoms with Crippen molar-refractivity contribution in [1.82, 2.24) is 0 Å². The number of hydrogen-bond donors (Lipinski definition) is 4. The van der Waals surface area contributed by atoms with Crippen molar-refractivity contribution in [3.63, 3.8) is 0 Å². The molecule has 0 fully saturated rings. The van der Waals surface area contributed by atoms with E-state index in [4.69, 9.17) is 5.11 Å². The number of phenols is 1. The van der Waals surface area contributed by atoms with Gasteiger partial charge < -0.3 is 20.4 Å². The van der Waals surface area contributed by atoms with E-state index in [9.17, 15) is 20.1 Å². The lowest BCUT2D eigenvalue weighted by Gasteiger charge is -2.22. The SMILES string of the molecule is O=C(C1=C(O)CC(O)(O)C=C1)c1ccc(O)cc1. The quantitative estimate of drug-likeness (QED) is 0.463. The summed E-state index contributed by atoms with van der Waals surface area (Å²) in [5, 5.41) is 37.3. The number of hydrogen-bond acceptors (Lipinski definition) is 5. The number of phenolic OH excluding ortho intramolecular Hbond substituents is 1. The van der Waals surface area contributed by atoms with Gasteiger partial charge in [-0.15, -0.1) is 0 Å². The van der Waals surface area contributed by atoms with Gasteiger partial charge in [-0.2, -0.15) is 0 Å². The van der Waals surface area contributed by atoms with Gasteiger partial charge in [-0.05, 0) is 36.4 Å². The first-order valence-electron chi connectivity index (χ1n) is 5.29. The third-order valence-electron chi connectivity index (χ3n) is 2.63. The van der Waals surface area contributed by atoms with E-state index in [0.29, 0.717) is 5.56 Å². The minimum absolute atomic E-state index is 0.0133. The molecule has 4 N–H and O–H groups in total. The maximum Gasteiger partial charge on any atom is 0.196 e. The van der Waals surface area contributed by atoms with Gasteiger partial charge in [-0.3, -0.25) is 4.79 Å². The van der Waals surface area contributed by atoms with Crippen LogP contribution in [0.1, 0.15) is 16.8 Å². The molecule has 1 aliphatic rings. The lowest BCUT2D eigenvalue weighted by Crippen LogP contribution is -2.29. The molecule has 0 radical (unpaired) electrons. The summed E-state index contributed by atoms with van der Waals surface area (Å²) in [6.07, 6.45) is 1.79. The molecule has 0 bridgehead atoms. The summed E-state index contributed by atoms with van der Waals surface area (Å²) in [6, 6.07) is 5.57. The Balaban J connectivity index is 2.31. The number of allylic oxidation sites excluding steroid dienone is 2. The van der Waals surface area contributed by atoms with Crippen LogP contribution in [0.4, 0.5) is 0 Å². The van der Waals surface area contributed by atoms with Crippen molar-refractivity contribution in [2.75, 3.05) is 0 Å². The normalized spacial score (nSPS) is 17.9. The Morgan fingerprint density at radius 3 is 2.28 bits per heavy atom. The molecule has 0 aliphatic heterocycles. The Hall–Kier alpha value is -2.11. The fourth-order valence-corrected chi connectivity index (χ4v) is 1.69. The van der Waals surface area contributed by atoms with Crippen LogP contribution in [0.2, 0.25) is 0 Å². The first-order chi connectivity index (χ1) is 8.39. The van der Waals surface area contributed by atoms with Gasteiger partial charge in [-0.25, -0.2) is 0 Å². The zero-order valence-electron chi connectivity index (χ0n) is 9.37. The topological polar surface area (TPSA) is 98.0 Å². The van der Waals surface area contributed by atoms with Crippen molar-refractivity contribution in [2.45, 2.75) is 12.2 Å². The van der Waals surface area contributed by atoms with E-state index < -0.39 is 18.0 Å². The maximum absolute atomic E-state index is 12.0. The van der Waals surface area contributed by atoms with Crippen LogP contribution in [0, 0.1) is 0 Å². The number of carbonyl (C=O) groups excluding carboxylic acids is 1. The van der Waals surface area contributed by atoms with Gasteiger partial charge >= 0.3 is 0 Å². The van der Waals surface area contributed by atoms with Gasteiger partial charge in [0.25, 0.3) is 0 Å². The number of Topliss-reactive ketones (excluding diaryl/α,β-unsaturated/α-hetero) is 1. The van der Waals surface area contributed by atoms with Gasteiger partial charge in [0, 0.05) is 5.56 Å². The summed E-state index contributed by atoms with van der Waals surface area (Å²) in [5.74, 6) is -2.91. The molecular formula is C13H12O5. The van der Waals surface area contributed by atoms with E-state index in [0.717, 1.165) is 6.08 Å². The third kappa shape index (κ3) is 2.42. The van der Waals surface area contributed by atoms with E-state index in [1.807, 2.05) is 0 Å². The number of aliphatic hydroxyl groups excluding tert-OH is 1. The number of aliphatic hydroxyl groups is 3. The highest BCUT2D eigenvalue weighted by atomic mass is 16.5. The predicted octanol–water partition coefficient (Wildman–Crippen LogP) is 1.03. The van der Waals surface area contributed by atoms with Crippen LogP contribution in [0.15, 0.2) is 47.7 Å². The van der Waals surface area contributed by atoms with E-state index in [-0.39, 0.29) is 17.1 Å². The molecule has 1 aromatic rings. The first-order valence-corrected chi connectivity index (χ1v) is 5.29. The second kappa shape index (κ2) is 4.29. The molecule has 0 unspecified atom stereocenters. The number of aromatic hydroxyl groups is 1. The molecule has 0 amide bonds. The fraction of sp³-hybridized carbons (Fsp3) is 0.154. The molecule has 0 heterocycles. The minimum Gasteiger partial charge on any atom is -0.511 e. The average Bonchev–Trinajstić information content (AvgIpc) is 2.28. The van der Waals surface area contributed by atoms with Gasteiger partial charge in [0.15, 0.2) is 11.6 Å². The highest BCUT2D eigenvalue weighted by Crippen LogP contribution is 2.26. The molecule has 18 heavy (non-hydrogen) atoms. The highest BCUT2D eigenvalue weighted by molar-refractivity contribution is 6.11. The Morgan fingerprint density at radius 2 is 1.72 bits per heavy atom. The maximum atomic E-state index is 12.0. The van der Waals surface area contributed by atoms with Gasteiger partial charge in [0.1, 0.15) is 11.5 Å². The first kappa shape index (κ1) is 12.3. The van der Waals surface area contributed by atoms with Crippen LogP contribution in [-0.2, 0) is 0 Å². The number of benzene rings is 1. The summed E-state index contributed by atoms with van der Waals surface area (Å²) in [5.41, 5.74) is 0.307. The van der Waals surface area contributed by atoms with Crippen molar-refractivity contribution in [3.8, 4) is 5.75 Å². The Kier molecular flexibility index (Phi) is 2.94. The fourth-order valence-electron chi connectivity index (χ4n) is 1.69. The Morgan fingerprint density at radius 1 is 1.11 bits per heavy atom. The number of rotatable bonds is 2. The lowest BCUT2D eigenvalue weighted by atomic mass is 9.94. The molecule has 0 spiro atoms. The van der Waals surface area contributed by atoms with E-state index >= 15 is 0 Å². The largest absolute Gasteiger partial charge is 0.511 e. The monoisotopic (exact) mass is 248 g/mol. The summed E-state index contributed by atoms with van der Waals surface area (Å²) in [7, 11) is 0. The molecule has 0 saturated heterocycles. The van der Waals surface area contributed by atoms with E-state index in [1.54, 1.807) is 0 Å². The smallest absolute Gasteiger partial charge is 0.196 e. The molecule has 2 rings (SSSR count). The van der Waals surface area contributed by atoms with Gasteiger partial charge in [0.05, 0.1) is 12.0 Å². The number of ketones is 1. The van der Waals surface area contributed by atoms with Gasteiger partial charge in [-0.1, -0.05) is 0 Å². The van der Waals surface area contributed by atoms with Crippen molar-refractivity contribution in [2.24, 2.45) is 0 Å². The minimum atomic E-state index is -2.12. The molecular weight excluding hydrogens is 236 g/mol. The third-order valence-corrected chi connectivity index (χ3v) is 2.63. The summed E-state index contributed by atoms with van der Waals surface area (Å²) < 4.78 is 0. The van der Waals surface area contributed by atoms with Crippen molar-refractivity contribution >= 4 is 5.78 Å². The summed E-state index contributed by atoms with van der Waals surface area (Å²) in [4.78, 5) is 12.0. The molecule has 94 valence electrons. The highest BCUT2D eigenvalue weighted by Gasteiger charge is 2.29. The molecule has 1 aliphatic carbocycles. The molecule has 5 heteroatoms. The summed E-state index contributed by atoms with van der Waals surface area (Å²) in [6.45, 7) is 0. The molecule has 1 aromatic carbocycles. The zero-order chi connectivity index (χ0) is 13.3. The van der Waals surface area contributed by atoms with Crippen LogP contribution in [-0.4, -0.2) is 32.0 Å². The van der Waals surface area contributed by atoms with E-state index in [2.05, 4.69) is 0 Å². The Labute approximate surface area is 103 Å². The van der Waals surface area contributed by atoms with Crippen molar-refractivity contribution < 1.29 is 25.2 Å². The molecule has 0 saturated carbocycles. The molecule has 5 nitrogen and oxygen atoms in total. The van der Waals surface area contributed by atoms with Crippen LogP contribution in [0.25, 0.3) is 0 Å². The average molecular weight is 248 g/mol. The molecule has 0 atom stereocenters. The Bertz CT molecular complexity index is 537. The second-order valence-electron chi connectivity index (χ2n) is 4.13. The zero-order valence-corrected chi connectivity index (χ0v) is 9.37. The summed E-state index contributed by atoms with van der Waals surface area (Å²) >= 11 is 0. The van der Waals surface area contributed by atoms with Crippen LogP contribution in [0.5, 0.6) is 5.75 Å². The standard InChI is InChI=1S/C13H12O5/c14-9-3-1-8(2-4-9)12(16)10-5-6-13(17,18)7-11(10)15/h1-6,14-15,17-18H,7H2. The van der Waals surface area contributed by atoms with E-state index in [1.165, 1.54) is 30.3 Å². The lowest BCUT2D eigenvalue weighted by molar-refractivity contribution is -0.122.